The number of ether oxygens (including phenoxy) is 5. The van der Waals surface area contributed by atoms with Crippen molar-refractivity contribution in [1.82, 2.24) is 9.69 Å². The van der Waals surface area contributed by atoms with Gasteiger partial charge in [0.05, 0.1) is 54.3 Å². The number of carbonyl (C=O) groups is 2. The average Bonchev–Trinajstić information content (AvgIpc) is 3.37. The monoisotopic (exact) mass is 500 g/mol. The summed E-state index contributed by atoms with van der Waals surface area (Å²) in [6.07, 6.45) is 0.141. The molecular weight excluding hydrogens is 472 g/mol. The van der Waals surface area contributed by atoms with Gasteiger partial charge in [-0.2, -0.15) is 4.37 Å². The van der Waals surface area contributed by atoms with Crippen LogP contribution >= 0.6 is 11.5 Å². The largest absolute Gasteiger partial charge is 0.496 e. The van der Waals surface area contributed by atoms with Crippen molar-refractivity contribution in [2.24, 2.45) is 0 Å². The van der Waals surface area contributed by atoms with E-state index in [4.69, 9.17) is 18.9 Å². The van der Waals surface area contributed by atoms with E-state index in [-0.39, 0.29) is 25.3 Å². The smallest absolute Gasteiger partial charge is 0.319 e. The Hall–Kier alpha value is -3.63. The maximum Gasteiger partial charge on any atom is 0.319 e. The van der Waals surface area contributed by atoms with E-state index < -0.39 is 5.97 Å². The standard InChI is InChI=1S/C25H28N2O7S/c1-30-20-7-6-15(8-16(20)9-18(28)12-26-13-23(29)33-4)19-14-35-27-24(19)17-10-21(31-2)25(34-5)22(11-17)32-3/h6-8,10-11,14,26H,9,12-13H2,1-5H3. The summed E-state index contributed by atoms with van der Waals surface area (Å²) < 4.78 is 31.1. The Balaban J connectivity index is 1.92. The van der Waals surface area contributed by atoms with Gasteiger partial charge in [-0.05, 0) is 41.4 Å². The van der Waals surface area contributed by atoms with Gasteiger partial charge in [0.1, 0.15) is 5.75 Å². The second kappa shape index (κ2) is 12.2. The number of benzene rings is 2. The summed E-state index contributed by atoms with van der Waals surface area (Å²) in [7, 11) is 7.55. The number of nitrogens with one attached hydrogen (secondary N) is 1. The molecule has 0 atom stereocenters. The first-order chi connectivity index (χ1) is 16.9. The van der Waals surface area contributed by atoms with E-state index in [2.05, 4.69) is 14.4 Å². The first kappa shape index (κ1) is 26.0. The number of hydrogen-bond donors (Lipinski definition) is 1. The fourth-order valence-corrected chi connectivity index (χ4v) is 4.32. The third-order valence-corrected chi connectivity index (χ3v) is 5.94. The molecule has 10 heteroatoms. The average molecular weight is 501 g/mol. The minimum atomic E-state index is -0.429. The Morgan fingerprint density at radius 3 is 2.14 bits per heavy atom. The van der Waals surface area contributed by atoms with Crippen LogP contribution in [0.15, 0.2) is 35.7 Å². The first-order valence-electron chi connectivity index (χ1n) is 10.7. The van der Waals surface area contributed by atoms with Crippen molar-refractivity contribution in [3.8, 4) is 45.4 Å². The molecule has 0 aliphatic carbocycles. The van der Waals surface area contributed by atoms with Crippen LogP contribution in [-0.4, -0.2) is 64.8 Å². The van der Waals surface area contributed by atoms with Crippen molar-refractivity contribution in [2.45, 2.75) is 6.42 Å². The van der Waals surface area contributed by atoms with E-state index >= 15 is 0 Å². The Kier molecular flexibility index (Phi) is 9.04. The molecule has 0 aliphatic heterocycles. The molecule has 35 heavy (non-hydrogen) atoms. The fourth-order valence-electron chi connectivity index (χ4n) is 3.60. The summed E-state index contributed by atoms with van der Waals surface area (Å²) in [5.74, 6) is 1.65. The highest BCUT2D eigenvalue weighted by atomic mass is 32.1. The molecule has 0 fully saturated rings. The zero-order valence-electron chi connectivity index (χ0n) is 20.3. The van der Waals surface area contributed by atoms with Gasteiger partial charge < -0.3 is 29.0 Å². The predicted molar refractivity (Wildman–Crippen MR) is 133 cm³/mol. The number of Topliss-reactive ketones (excluding diaryl/α,β-unsaturated/α-hetero) is 1. The van der Waals surface area contributed by atoms with E-state index in [0.717, 1.165) is 27.9 Å². The van der Waals surface area contributed by atoms with Gasteiger partial charge in [-0.3, -0.25) is 9.59 Å². The maximum absolute atomic E-state index is 12.5. The zero-order valence-corrected chi connectivity index (χ0v) is 21.1. The number of ketones is 1. The van der Waals surface area contributed by atoms with Crippen molar-refractivity contribution >= 4 is 23.3 Å². The number of hydrogen-bond acceptors (Lipinski definition) is 10. The number of rotatable bonds is 12. The third-order valence-electron chi connectivity index (χ3n) is 5.31. The second-order valence-corrected chi connectivity index (χ2v) is 8.04. The van der Waals surface area contributed by atoms with E-state index in [1.54, 1.807) is 28.4 Å². The molecule has 0 amide bonds. The number of methoxy groups -OCH3 is 5. The third kappa shape index (κ3) is 6.09. The molecule has 1 heterocycles. The van der Waals surface area contributed by atoms with Crippen LogP contribution in [0.4, 0.5) is 0 Å². The van der Waals surface area contributed by atoms with Gasteiger partial charge in [0.15, 0.2) is 17.3 Å². The highest BCUT2D eigenvalue weighted by Gasteiger charge is 2.19. The second-order valence-electron chi connectivity index (χ2n) is 7.41. The molecule has 9 nitrogen and oxygen atoms in total. The van der Waals surface area contributed by atoms with Crippen LogP contribution in [0, 0.1) is 0 Å². The lowest BCUT2D eigenvalue weighted by molar-refractivity contribution is -0.139. The minimum absolute atomic E-state index is 0.0296. The lowest BCUT2D eigenvalue weighted by Crippen LogP contribution is -2.30. The number of nitrogens with zero attached hydrogens (tertiary/aromatic N) is 1. The fraction of sp³-hybridized carbons (Fsp3) is 0.320. The molecule has 1 aromatic heterocycles. The van der Waals surface area contributed by atoms with E-state index in [1.807, 2.05) is 35.7 Å². The summed E-state index contributed by atoms with van der Waals surface area (Å²) in [4.78, 5) is 23.8. The molecule has 3 aromatic rings. The van der Waals surface area contributed by atoms with Gasteiger partial charge in [0, 0.05) is 28.5 Å². The van der Waals surface area contributed by atoms with Crippen LogP contribution < -0.4 is 24.3 Å². The van der Waals surface area contributed by atoms with E-state index in [1.165, 1.54) is 18.6 Å². The van der Waals surface area contributed by atoms with Crippen LogP contribution in [0.25, 0.3) is 22.4 Å². The molecule has 1 N–H and O–H groups in total. The highest BCUT2D eigenvalue weighted by molar-refractivity contribution is 7.04. The topological polar surface area (TPSA) is 105 Å². The van der Waals surface area contributed by atoms with Gasteiger partial charge in [0.2, 0.25) is 5.75 Å². The van der Waals surface area contributed by atoms with Gasteiger partial charge in [-0.25, -0.2) is 0 Å². The van der Waals surface area contributed by atoms with Gasteiger partial charge in [-0.15, -0.1) is 0 Å². The lowest BCUT2D eigenvalue weighted by Gasteiger charge is -2.14. The summed E-state index contributed by atoms with van der Waals surface area (Å²) in [5.41, 5.74) is 4.06. The molecule has 2 aromatic carbocycles. The summed E-state index contributed by atoms with van der Waals surface area (Å²) in [6, 6.07) is 9.37. The van der Waals surface area contributed by atoms with Gasteiger partial charge in [-0.1, -0.05) is 6.07 Å². The lowest BCUT2D eigenvalue weighted by atomic mass is 9.97. The number of esters is 1. The highest BCUT2D eigenvalue weighted by Crippen LogP contribution is 2.43. The summed E-state index contributed by atoms with van der Waals surface area (Å²) in [6.45, 7) is 0.0112. The zero-order chi connectivity index (χ0) is 25.4. The molecule has 0 saturated heterocycles. The van der Waals surface area contributed by atoms with Gasteiger partial charge >= 0.3 is 5.97 Å². The van der Waals surface area contributed by atoms with Crippen molar-refractivity contribution in [1.29, 1.82) is 0 Å². The summed E-state index contributed by atoms with van der Waals surface area (Å²) in [5, 5.41) is 4.74. The van der Waals surface area contributed by atoms with Crippen LogP contribution in [0.2, 0.25) is 0 Å². The number of aromatic nitrogens is 1. The Bertz CT molecular complexity index is 1170. The molecule has 0 saturated carbocycles. The normalized spacial score (nSPS) is 10.5. The van der Waals surface area contributed by atoms with Crippen LogP contribution in [0.5, 0.6) is 23.0 Å². The van der Waals surface area contributed by atoms with Crippen molar-refractivity contribution in [3.05, 3.63) is 41.3 Å². The molecule has 3 rings (SSSR count). The van der Waals surface area contributed by atoms with Crippen LogP contribution in [-0.2, 0) is 20.7 Å². The van der Waals surface area contributed by atoms with E-state index in [0.29, 0.717) is 23.0 Å². The Morgan fingerprint density at radius 2 is 1.54 bits per heavy atom. The predicted octanol–water partition coefficient (Wildman–Crippen LogP) is 3.39. The van der Waals surface area contributed by atoms with Crippen LogP contribution in [0.3, 0.4) is 0 Å². The number of carbonyl (C=O) groups excluding carboxylic acids is 2. The molecule has 0 unspecified atom stereocenters. The Morgan fingerprint density at radius 1 is 0.857 bits per heavy atom. The van der Waals surface area contributed by atoms with Crippen molar-refractivity contribution in [3.63, 3.8) is 0 Å². The van der Waals surface area contributed by atoms with Crippen LogP contribution in [0.1, 0.15) is 5.56 Å². The molecule has 186 valence electrons. The summed E-state index contributed by atoms with van der Waals surface area (Å²) >= 11 is 1.32. The van der Waals surface area contributed by atoms with Crippen molar-refractivity contribution in [2.75, 3.05) is 48.6 Å². The minimum Gasteiger partial charge on any atom is -0.496 e. The van der Waals surface area contributed by atoms with E-state index in [9.17, 15) is 9.59 Å². The first-order valence-corrected chi connectivity index (χ1v) is 11.5. The molecule has 0 radical (unpaired) electrons. The quantitative estimate of drug-likeness (QED) is 0.375. The van der Waals surface area contributed by atoms with Gasteiger partial charge in [0.25, 0.3) is 0 Å². The molecule has 0 bridgehead atoms. The Labute approximate surface area is 208 Å². The SMILES string of the molecule is COC(=O)CNCC(=O)Cc1cc(-c2csnc2-c2cc(OC)c(OC)c(OC)c2)ccc1OC. The van der Waals surface area contributed by atoms with Crippen molar-refractivity contribution < 1.29 is 33.3 Å². The maximum atomic E-state index is 12.5. The molecular formula is C25H28N2O7S. The molecule has 0 spiro atoms. The molecule has 0 aliphatic rings.